The summed E-state index contributed by atoms with van der Waals surface area (Å²) >= 11 is 0. The molecule has 0 heterocycles. The molecule has 0 aromatic heterocycles. The van der Waals surface area contributed by atoms with Crippen molar-refractivity contribution in [1.82, 2.24) is 0 Å². The Hall–Kier alpha value is -3.93. The number of amides is 2. The molecule has 0 fully saturated rings. The fraction of sp³-hybridized carbons (Fsp3) is 0. The van der Waals surface area contributed by atoms with E-state index in [9.17, 15) is 14.4 Å². The summed E-state index contributed by atoms with van der Waals surface area (Å²) in [4.78, 5) is 35.1. The molecule has 2 amide bonds. The molecule has 134 valence electrons. The third-order valence-corrected chi connectivity index (χ3v) is 3.88. The van der Waals surface area contributed by atoms with Crippen LogP contribution in [-0.2, 0) is 0 Å². The quantitative estimate of drug-likeness (QED) is 0.479. The molecule has 3 rings (SSSR count). The third-order valence-electron chi connectivity index (χ3n) is 3.88. The van der Waals surface area contributed by atoms with Crippen LogP contribution in [0.4, 0.5) is 17.1 Å². The average Bonchev–Trinajstić information content (AvgIpc) is 2.69. The van der Waals surface area contributed by atoms with Gasteiger partial charge >= 0.3 is 0 Å². The molecule has 3 aromatic rings. The zero-order chi connectivity index (χ0) is 19.2. The summed E-state index contributed by atoms with van der Waals surface area (Å²) in [5, 5.41) is 5.51. The Balaban J connectivity index is 1.63. The molecule has 0 radical (unpaired) electrons. The molecule has 6 nitrogen and oxygen atoms in total. The van der Waals surface area contributed by atoms with Crippen LogP contribution in [0.25, 0.3) is 0 Å². The highest BCUT2D eigenvalue weighted by Gasteiger charge is 2.09. The molecule has 27 heavy (non-hydrogen) atoms. The highest BCUT2D eigenvalue weighted by Crippen LogP contribution is 2.15. The Morgan fingerprint density at radius 2 is 1.07 bits per heavy atom. The van der Waals surface area contributed by atoms with Crippen LogP contribution in [0.3, 0.4) is 0 Å². The second-order valence-electron chi connectivity index (χ2n) is 5.85. The normalized spacial score (nSPS) is 10.1. The number of anilines is 3. The van der Waals surface area contributed by atoms with Crippen molar-refractivity contribution in [2.45, 2.75) is 0 Å². The van der Waals surface area contributed by atoms with Crippen LogP contribution in [0, 0.1) is 0 Å². The number of hydrogen-bond acceptors (Lipinski definition) is 4. The van der Waals surface area contributed by atoms with Gasteiger partial charge in [0.15, 0.2) is 0 Å². The minimum absolute atomic E-state index is 0.262. The Kier molecular flexibility index (Phi) is 5.28. The summed E-state index contributed by atoms with van der Waals surface area (Å²) in [6.45, 7) is 0. The molecular weight excluding hydrogens is 342 g/mol. The lowest BCUT2D eigenvalue weighted by Crippen LogP contribution is -2.13. The predicted octanol–water partition coefficient (Wildman–Crippen LogP) is 3.59. The van der Waals surface area contributed by atoms with E-state index in [1.807, 2.05) is 0 Å². The Labute approximate surface area is 156 Å². The molecule has 4 N–H and O–H groups in total. The second-order valence-corrected chi connectivity index (χ2v) is 5.85. The summed E-state index contributed by atoms with van der Waals surface area (Å²) in [6, 6.07) is 19.7. The lowest BCUT2D eigenvalue weighted by Gasteiger charge is -2.08. The van der Waals surface area contributed by atoms with Gasteiger partial charge in [-0.2, -0.15) is 0 Å². The van der Waals surface area contributed by atoms with Crippen LogP contribution >= 0.6 is 0 Å². The number of aldehydes is 1. The molecule has 0 bridgehead atoms. The van der Waals surface area contributed by atoms with Crippen molar-refractivity contribution in [3.63, 3.8) is 0 Å². The molecule has 0 saturated carbocycles. The largest absolute Gasteiger partial charge is 0.399 e. The maximum atomic E-state index is 12.3. The van der Waals surface area contributed by atoms with Crippen LogP contribution in [-0.4, -0.2) is 18.1 Å². The first-order valence-electron chi connectivity index (χ1n) is 8.19. The van der Waals surface area contributed by atoms with Crippen molar-refractivity contribution in [1.29, 1.82) is 0 Å². The van der Waals surface area contributed by atoms with E-state index in [1.54, 1.807) is 72.8 Å². The zero-order valence-corrected chi connectivity index (χ0v) is 14.3. The highest BCUT2D eigenvalue weighted by atomic mass is 16.2. The molecule has 3 aromatic carbocycles. The van der Waals surface area contributed by atoms with Gasteiger partial charge in [-0.3, -0.25) is 14.4 Å². The van der Waals surface area contributed by atoms with Crippen molar-refractivity contribution < 1.29 is 14.4 Å². The fourth-order valence-electron chi connectivity index (χ4n) is 2.39. The maximum absolute atomic E-state index is 12.3. The monoisotopic (exact) mass is 359 g/mol. The van der Waals surface area contributed by atoms with Gasteiger partial charge in [-0.1, -0.05) is 0 Å². The number of nitrogens with one attached hydrogen (secondary N) is 2. The summed E-state index contributed by atoms with van der Waals surface area (Å²) in [6.07, 6.45) is 0.739. The van der Waals surface area contributed by atoms with Gasteiger partial charge in [0.1, 0.15) is 6.29 Å². The van der Waals surface area contributed by atoms with Crippen molar-refractivity contribution in [2.75, 3.05) is 16.4 Å². The topological polar surface area (TPSA) is 101 Å². The number of hydrogen-bond donors (Lipinski definition) is 3. The molecule has 6 heteroatoms. The van der Waals surface area contributed by atoms with E-state index in [1.165, 1.54) is 0 Å². The number of carbonyl (C=O) groups excluding carboxylic acids is 3. The predicted molar refractivity (Wildman–Crippen MR) is 105 cm³/mol. The number of rotatable bonds is 5. The Bertz CT molecular complexity index is 963. The first-order valence-corrected chi connectivity index (χ1v) is 8.19. The van der Waals surface area contributed by atoms with Crippen molar-refractivity contribution in [3.05, 3.63) is 89.5 Å². The van der Waals surface area contributed by atoms with Gasteiger partial charge in [0, 0.05) is 33.8 Å². The summed E-state index contributed by atoms with van der Waals surface area (Å²) in [5.41, 5.74) is 8.83. The van der Waals surface area contributed by atoms with Crippen LogP contribution < -0.4 is 16.4 Å². The maximum Gasteiger partial charge on any atom is 0.255 e. The van der Waals surface area contributed by atoms with Gasteiger partial charge in [0.2, 0.25) is 0 Å². The van der Waals surface area contributed by atoms with Crippen LogP contribution in [0.2, 0.25) is 0 Å². The van der Waals surface area contributed by atoms with Crippen LogP contribution in [0.5, 0.6) is 0 Å². The molecule has 0 spiro atoms. The second kappa shape index (κ2) is 7.97. The van der Waals surface area contributed by atoms with Crippen LogP contribution in [0.1, 0.15) is 31.1 Å². The molecule has 0 atom stereocenters. The number of nitrogen functional groups attached to an aromatic ring is 1. The lowest BCUT2D eigenvalue weighted by atomic mass is 10.1. The van der Waals surface area contributed by atoms with E-state index in [4.69, 9.17) is 5.73 Å². The number of benzene rings is 3. The highest BCUT2D eigenvalue weighted by molar-refractivity contribution is 6.06. The average molecular weight is 359 g/mol. The first-order chi connectivity index (χ1) is 13.0. The van der Waals surface area contributed by atoms with Crippen molar-refractivity contribution >= 4 is 35.2 Å². The van der Waals surface area contributed by atoms with E-state index in [-0.39, 0.29) is 11.8 Å². The first kappa shape index (κ1) is 17.9. The molecule has 0 unspecified atom stereocenters. The van der Waals surface area contributed by atoms with Gasteiger partial charge in [0.05, 0.1) is 0 Å². The Morgan fingerprint density at radius 1 is 0.667 bits per heavy atom. The van der Waals surface area contributed by atoms with Crippen molar-refractivity contribution in [3.8, 4) is 0 Å². The van der Waals surface area contributed by atoms with E-state index in [0.717, 1.165) is 6.29 Å². The van der Waals surface area contributed by atoms with E-state index in [0.29, 0.717) is 33.8 Å². The van der Waals surface area contributed by atoms with Gasteiger partial charge in [-0.15, -0.1) is 0 Å². The SMILES string of the molecule is Nc1ccc(C(=O)Nc2ccc(C(=O)Nc3ccc(C=O)cc3)cc2)cc1. The lowest BCUT2D eigenvalue weighted by molar-refractivity contribution is 0.102. The van der Waals surface area contributed by atoms with Gasteiger partial charge in [-0.05, 0) is 72.8 Å². The van der Waals surface area contributed by atoms with Crippen molar-refractivity contribution in [2.24, 2.45) is 0 Å². The molecule has 0 saturated heterocycles. The van der Waals surface area contributed by atoms with E-state index < -0.39 is 0 Å². The fourth-order valence-corrected chi connectivity index (χ4v) is 2.39. The minimum atomic E-state index is -0.287. The standard InChI is InChI=1S/C21H17N3O3/c22-17-7-3-15(4-8-17)20(26)24-19-11-5-16(6-12-19)21(27)23-18-9-1-14(13-25)2-10-18/h1-13H,22H2,(H,23,27)(H,24,26). The molecular formula is C21H17N3O3. The van der Waals surface area contributed by atoms with Gasteiger partial charge in [0.25, 0.3) is 11.8 Å². The smallest absolute Gasteiger partial charge is 0.255 e. The minimum Gasteiger partial charge on any atom is -0.399 e. The van der Waals surface area contributed by atoms with E-state index in [2.05, 4.69) is 10.6 Å². The number of nitrogens with two attached hydrogens (primary N) is 1. The molecule has 0 aliphatic heterocycles. The summed E-state index contributed by atoms with van der Waals surface area (Å²) < 4.78 is 0. The zero-order valence-electron chi connectivity index (χ0n) is 14.3. The van der Waals surface area contributed by atoms with E-state index >= 15 is 0 Å². The summed E-state index contributed by atoms with van der Waals surface area (Å²) in [5.74, 6) is -0.548. The Morgan fingerprint density at radius 3 is 1.52 bits per heavy atom. The van der Waals surface area contributed by atoms with Gasteiger partial charge in [-0.25, -0.2) is 0 Å². The molecule has 0 aliphatic carbocycles. The van der Waals surface area contributed by atoms with Crippen LogP contribution in [0.15, 0.2) is 72.8 Å². The third kappa shape index (κ3) is 4.58. The summed E-state index contributed by atoms with van der Waals surface area (Å²) in [7, 11) is 0. The number of carbonyl (C=O) groups is 3. The van der Waals surface area contributed by atoms with Gasteiger partial charge < -0.3 is 16.4 Å². The molecule has 0 aliphatic rings.